The molecule has 0 aliphatic carbocycles. The molecular weight excluding hydrogens is 521 g/mol. The normalized spacial score (nSPS) is 14.2. The summed E-state index contributed by atoms with van der Waals surface area (Å²) < 4.78 is 21.0. The summed E-state index contributed by atoms with van der Waals surface area (Å²) in [5.41, 5.74) is 4.30. The average Bonchev–Trinajstić information content (AvgIpc) is 3.32. The van der Waals surface area contributed by atoms with E-state index >= 15 is 0 Å². The highest BCUT2D eigenvalue weighted by molar-refractivity contribution is 5.68. The number of aromatic nitrogens is 4. The first-order valence-electron chi connectivity index (χ1n) is 13.9. The molecule has 1 saturated heterocycles. The van der Waals surface area contributed by atoms with Gasteiger partial charge in [-0.15, -0.1) is 0 Å². The number of aryl methyl sites for hydroxylation is 1. The van der Waals surface area contributed by atoms with E-state index in [0.717, 1.165) is 47.8 Å². The average molecular weight is 556 g/mol. The van der Waals surface area contributed by atoms with E-state index in [1.165, 1.54) is 12.1 Å². The summed E-state index contributed by atoms with van der Waals surface area (Å²) in [7, 11) is 0. The first-order chi connectivity index (χ1) is 19.6. The minimum Gasteiger partial charge on any atom is -0.444 e. The Morgan fingerprint density at radius 1 is 1.15 bits per heavy atom. The number of carbonyl (C=O) groups excluding carboxylic acids is 1. The van der Waals surface area contributed by atoms with Gasteiger partial charge in [0.15, 0.2) is 11.5 Å². The summed E-state index contributed by atoms with van der Waals surface area (Å²) in [6.07, 6.45) is 2.07. The smallest absolute Gasteiger partial charge is 0.410 e. The molecular formula is C31H34FN7O2. The van der Waals surface area contributed by atoms with Crippen molar-refractivity contribution in [2.45, 2.75) is 65.0 Å². The molecule has 5 rings (SSSR count). The fourth-order valence-corrected chi connectivity index (χ4v) is 5.05. The molecule has 0 radical (unpaired) electrons. The second-order valence-electron chi connectivity index (χ2n) is 11.2. The first kappa shape index (κ1) is 28.0. The number of fused-ring (bicyclic) bond motifs is 1. The fraction of sp³-hybridized carbons (Fsp3) is 0.387. The van der Waals surface area contributed by atoms with E-state index in [2.05, 4.69) is 18.3 Å². The highest BCUT2D eigenvalue weighted by Crippen LogP contribution is 2.29. The Kier molecular flexibility index (Phi) is 7.88. The molecule has 9 nitrogen and oxygen atoms in total. The monoisotopic (exact) mass is 555 g/mol. The first-order valence-corrected chi connectivity index (χ1v) is 13.9. The van der Waals surface area contributed by atoms with Crippen molar-refractivity contribution < 1.29 is 13.9 Å². The molecule has 41 heavy (non-hydrogen) atoms. The second-order valence-corrected chi connectivity index (χ2v) is 11.2. The Labute approximate surface area is 239 Å². The maximum atomic E-state index is 13.6. The van der Waals surface area contributed by atoms with Crippen LogP contribution in [0.2, 0.25) is 0 Å². The summed E-state index contributed by atoms with van der Waals surface area (Å²) in [4.78, 5) is 23.7. The zero-order valence-electron chi connectivity index (χ0n) is 23.8. The fourth-order valence-electron chi connectivity index (χ4n) is 5.05. The van der Waals surface area contributed by atoms with Crippen LogP contribution in [-0.2, 0) is 17.7 Å². The molecule has 0 saturated carbocycles. The molecule has 0 spiro atoms. The highest BCUT2D eigenvalue weighted by atomic mass is 19.1. The Morgan fingerprint density at radius 3 is 2.63 bits per heavy atom. The van der Waals surface area contributed by atoms with Gasteiger partial charge in [-0.3, -0.25) is 4.98 Å². The molecule has 1 fully saturated rings. The van der Waals surface area contributed by atoms with Gasteiger partial charge < -0.3 is 15.0 Å². The van der Waals surface area contributed by atoms with Gasteiger partial charge in [0.2, 0.25) is 0 Å². The van der Waals surface area contributed by atoms with E-state index in [9.17, 15) is 14.4 Å². The summed E-state index contributed by atoms with van der Waals surface area (Å²) in [5, 5.41) is 17.9. The van der Waals surface area contributed by atoms with Crippen LogP contribution in [0.4, 0.5) is 15.0 Å². The molecule has 0 unspecified atom stereocenters. The van der Waals surface area contributed by atoms with Gasteiger partial charge >= 0.3 is 6.09 Å². The van der Waals surface area contributed by atoms with Crippen LogP contribution in [0.1, 0.15) is 69.1 Å². The number of benzene rings is 1. The van der Waals surface area contributed by atoms with Gasteiger partial charge in [-0.1, -0.05) is 13.0 Å². The quantitative estimate of drug-likeness (QED) is 0.307. The van der Waals surface area contributed by atoms with Crippen LogP contribution < -0.4 is 5.32 Å². The minimum atomic E-state index is -0.514. The molecule has 1 N–H and O–H groups in total. The van der Waals surface area contributed by atoms with Crippen molar-refractivity contribution in [3.05, 3.63) is 77.0 Å². The third-order valence-corrected chi connectivity index (χ3v) is 7.09. The number of hydrogen-bond donors (Lipinski definition) is 1. The Balaban J connectivity index is 1.33. The number of likely N-dealkylation sites (tertiary alicyclic amines) is 1. The van der Waals surface area contributed by atoms with E-state index in [1.54, 1.807) is 11.0 Å². The number of piperidine rings is 1. The molecule has 0 bridgehead atoms. The van der Waals surface area contributed by atoms with E-state index in [1.807, 2.05) is 55.6 Å². The molecule has 1 aliphatic heterocycles. The minimum absolute atomic E-state index is 0.224. The number of carbonyl (C=O) groups is 1. The number of rotatable bonds is 6. The Bertz CT molecular complexity index is 1610. The zero-order chi connectivity index (χ0) is 29.1. The van der Waals surface area contributed by atoms with Gasteiger partial charge in [0, 0.05) is 24.6 Å². The maximum Gasteiger partial charge on any atom is 0.410 e. The lowest BCUT2D eigenvalue weighted by molar-refractivity contribution is 0.0204. The van der Waals surface area contributed by atoms with Crippen LogP contribution in [-0.4, -0.2) is 49.3 Å². The third-order valence-electron chi connectivity index (χ3n) is 7.09. The van der Waals surface area contributed by atoms with Crippen LogP contribution in [0.5, 0.6) is 0 Å². The number of hydrogen-bond acceptors (Lipinski definition) is 7. The Hall–Kier alpha value is -4.52. The standard InChI is InChI=1S/C31H34FN7O2/c1-5-25-29(34-19-23-7-6-8-27(35-23)24-10-9-22(32)17-21(24)18-33)39-28(36-25)12-11-26(37-39)20-13-15-38(16-14-20)30(40)41-31(2,3)4/h6-12,17,20,34H,5,13-16,19H2,1-4H3. The number of nitriles is 1. The zero-order valence-corrected chi connectivity index (χ0v) is 23.8. The van der Waals surface area contributed by atoms with E-state index < -0.39 is 11.4 Å². The van der Waals surface area contributed by atoms with Crippen LogP contribution in [0.3, 0.4) is 0 Å². The van der Waals surface area contributed by atoms with Crippen molar-refractivity contribution in [2.75, 3.05) is 18.4 Å². The van der Waals surface area contributed by atoms with E-state index in [0.29, 0.717) is 30.9 Å². The molecule has 3 aromatic heterocycles. The van der Waals surface area contributed by atoms with Crippen LogP contribution >= 0.6 is 0 Å². The van der Waals surface area contributed by atoms with Crippen molar-refractivity contribution in [3.8, 4) is 17.3 Å². The van der Waals surface area contributed by atoms with E-state index in [4.69, 9.17) is 19.8 Å². The number of halogens is 1. The number of ether oxygens (including phenoxy) is 1. The number of anilines is 1. The van der Waals surface area contributed by atoms with Crippen LogP contribution in [0.15, 0.2) is 48.5 Å². The van der Waals surface area contributed by atoms with E-state index in [-0.39, 0.29) is 17.6 Å². The lowest BCUT2D eigenvalue weighted by Crippen LogP contribution is -2.41. The molecule has 212 valence electrons. The van der Waals surface area contributed by atoms with Gasteiger partial charge in [0.1, 0.15) is 11.4 Å². The molecule has 1 amide bonds. The topological polar surface area (TPSA) is 108 Å². The summed E-state index contributed by atoms with van der Waals surface area (Å²) in [6, 6.07) is 15.8. The predicted molar refractivity (Wildman–Crippen MR) is 154 cm³/mol. The molecule has 4 aromatic rings. The molecule has 1 aromatic carbocycles. The van der Waals surface area contributed by atoms with Crippen LogP contribution in [0, 0.1) is 17.1 Å². The number of amides is 1. The molecule has 1 aliphatic rings. The van der Waals surface area contributed by atoms with Crippen molar-refractivity contribution in [1.82, 2.24) is 24.5 Å². The number of pyridine rings is 1. The summed E-state index contributed by atoms with van der Waals surface area (Å²) in [6.45, 7) is 9.34. The second kappa shape index (κ2) is 11.5. The van der Waals surface area contributed by atoms with Crippen molar-refractivity contribution >= 4 is 17.6 Å². The van der Waals surface area contributed by atoms with Gasteiger partial charge in [0.05, 0.1) is 41.0 Å². The van der Waals surface area contributed by atoms with Gasteiger partial charge in [-0.05, 0) is 82.5 Å². The predicted octanol–water partition coefficient (Wildman–Crippen LogP) is 6.09. The third kappa shape index (κ3) is 6.30. The van der Waals surface area contributed by atoms with Gasteiger partial charge in [-0.2, -0.15) is 14.9 Å². The number of nitrogens with zero attached hydrogens (tertiary/aromatic N) is 6. The number of imidazole rings is 1. The largest absolute Gasteiger partial charge is 0.444 e. The molecule has 10 heteroatoms. The molecule has 0 atom stereocenters. The van der Waals surface area contributed by atoms with Crippen molar-refractivity contribution in [3.63, 3.8) is 0 Å². The molecule has 4 heterocycles. The van der Waals surface area contributed by atoms with Crippen LogP contribution in [0.25, 0.3) is 16.9 Å². The van der Waals surface area contributed by atoms with Crippen molar-refractivity contribution in [1.29, 1.82) is 5.26 Å². The lowest BCUT2D eigenvalue weighted by Gasteiger charge is -2.33. The van der Waals surface area contributed by atoms with Crippen molar-refractivity contribution in [2.24, 2.45) is 0 Å². The maximum absolute atomic E-state index is 13.6. The SMILES string of the molecule is CCc1nc2ccc(C3CCN(C(=O)OC(C)(C)C)CC3)nn2c1NCc1cccc(-c2ccc(F)cc2C#N)n1. The Morgan fingerprint density at radius 2 is 1.93 bits per heavy atom. The lowest BCUT2D eigenvalue weighted by atomic mass is 9.93. The summed E-state index contributed by atoms with van der Waals surface area (Å²) in [5.74, 6) is 0.576. The summed E-state index contributed by atoms with van der Waals surface area (Å²) >= 11 is 0. The van der Waals surface area contributed by atoms with Gasteiger partial charge in [0.25, 0.3) is 0 Å². The highest BCUT2D eigenvalue weighted by Gasteiger charge is 2.28. The number of nitrogens with one attached hydrogen (secondary N) is 1. The van der Waals surface area contributed by atoms with Gasteiger partial charge in [-0.25, -0.2) is 14.2 Å².